The number of anilines is 1. The summed E-state index contributed by atoms with van der Waals surface area (Å²) < 4.78 is 10.5. The minimum Gasteiger partial charge on any atom is -0.497 e. The van der Waals surface area contributed by atoms with Gasteiger partial charge in [0.2, 0.25) is 5.91 Å². The Balaban J connectivity index is 1.97. The highest BCUT2D eigenvalue weighted by atomic mass is 16.5. The molecule has 27 heavy (non-hydrogen) atoms. The molecule has 1 amide bonds. The molecular weight excluding hydrogens is 340 g/mol. The van der Waals surface area contributed by atoms with Crippen LogP contribution in [0.1, 0.15) is 43.9 Å². The highest BCUT2D eigenvalue weighted by Gasteiger charge is 2.16. The van der Waals surface area contributed by atoms with Crippen LogP contribution in [0.5, 0.6) is 11.5 Å². The molecule has 0 fully saturated rings. The first-order chi connectivity index (χ1) is 13.0. The molecule has 2 rings (SSSR count). The van der Waals surface area contributed by atoms with E-state index in [1.807, 2.05) is 6.92 Å². The molecule has 2 unspecified atom stereocenters. The van der Waals surface area contributed by atoms with Crippen LogP contribution < -0.4 is 20.1 Å². The summed E-state index contributed by atoms with van der Waals surface area (Å²) >= 11 is 0. The van der Waals surface area contributed by atoms with Gasteiger partial charge in [-0.15, -0.1) is 0 Å². The summed E-state index contributed by atoms with van der Waals surface area (Å²) in [7, 11) is 3.17. The van der Waals surface area contributed by atoms with Crippen molar-refractivity contribution in [2.24, 2.45) is 0 Å². The zero-order valence-corrected chi connectivity index (χ0v) is 16.8. The van der Waals surface area contributed by atoms with Gasteiger partial charge in [0.05, 0.1) is 19.9 Å². The Morgan fingerprint density at radius 3 is 2.37 bits per heavy atom. The summed E-state index contributed by atoms with van der Waals surface area (Å²) in [4.78, 5) is 12.5. The monoisotopic (exact) mass is 370 g/mol. The lowest BCUT2D eigenvalue weighted by Gasteiger charge is -2.23. The van der Waals surface area contributed by atoms with Gasteiger partial charge in [-0.3, -0.25) is 4.79 Å². The SMILES string of the molecule is CCC(NC(C)CC(=O)Nc1cc(OC)ccc1OC)c1ccc(C)cc1. The number of hydrogen-bond donors (Lipinski definition) is 2. The minimum absolute atomic E-state index is 0.0351. The number of nitrogens with one attached hydrogen (secondary N) is 2. The molecule has 0 saturated carbocycles. The van der Waals surface area contributed by atoms with Crippen LogP contribution in [0.2, 0.25) is 0 Å². The normalized spacial score (nSPS) is 12.9. The predicted octanol–water partition coefficient (Wildman–Crippen LogP) is 4.47. The third-order valence-electron chi connectivity index (χ3n) is 4.55. The second-order valence-electron chi connectivity index (χ2n) is 6.76. The lowest BCUT2D eigenvalue weighted by atomic mass is 10.0. The number of benzene rings is 2. The van der Waals surface area contributed by atoms with Crippen LogP contribution in [0.25, 0.3) is 0 Å². The molecule has 0 aliphatic heterocycles. The Bertz CT molecular complexity index is 744. The van der Waals surface area contributed by atoms with Gasteiger partial charge in [-0.1, -0.05) is 36.8 Å². The number of rotatable bonds is 9. The zero-order chi connectivity index (χ0) is 19.8. The largest absolute Gasteiger partial charge is 0.497 e. The molecule has 0 radical (unpaired) electrons. The highest BCUT2D eigenvalue weighted by Crippen LogP contribution is 2.29. The number of carbonyl (C=O) groups is 1. The quantitative estimate of drug-likeness (QED) is 0.684. The van der Waals surface area contributed by atoms with E-state index >= 15 is 0 Å². The van der Waals surface area contributed by atoms with Crippen molar-refractivity contribution in [1.82, 2.24) is 5.32 Å². The average molecular weight is 370 g/mol. The summed E-state index contributed by atoms with van der Waals surface area (Å²) in [6.45, 7) is 6.25. The third kappa shape index (κ3) is 6.00. The van der Waals surface area contributed by atoms with E-state index in [0.29, 0.717) is 23.6 Å². The Morgan fingerprint density at radius 1 is 1.07 bits per heavy atom. The number of aryl methyl sites for hydroxylation is 1. The lowest BCUT2D eigenvalue weighted by Crippen LogP contribution is -2.33. The Hall–Kier alpha value is -2.53. The number of carbonyl (C=O) groups excluding carboxylic acids is 1. The summed E-state index contributed by atoms with van der Waals surface area (Å²) in [5, 5.41) is 6.48. The van der Waals surface area contributed by atoms with Crippen molar-refractivity contribution in [3.05, 3.63) is 53.6 Å². The molecule has 0 bridgehead atoms. The summed E-state index contributed by atoms with van der Waals surface area (Å²) in [5.41, 5.74) is 3.10. The first-order valence-corrected chi connectivity index (χ1v) is 9.31. The van der Waals surface area contributed by atoms with Crippen LogP contribution in [0, 0.1) is 6.92 Å². The predicted molar refractivity (Wildman–Crippen MR) is 110 cm³/mol. The number of hydrogen-bond acceptors (Lipinski definition) is 4. The van der Waals surface area contributed by atoms with Gasteiger partial charge in [0, 0.05) is 24.6 Å². The maximum atomic E-state index is 12.5. The standard InChI is InChI=1S/C22H30N2O3/c1-6-19(17-9-7-15(2)8-10-17)23-16(3)13-22(25)24-20-14-18(26-4)11-12-21(20)27-5/h7-12,14,16,19,23H,6,13H2,1-5H3,(H,24,25). The Labute approximate surface area is 162 Å². The fourth-order valence-corrected chi connectivity index (χ4v) is 3.04. The van der Waals surface area contributed by atoms with E-state index in [2.05, 4.69) is 48.7 Å². The van der Waals surface area contributed by atoms with E-state index in [0.717, 1.165) is 6.42 Å². The average Bonchev–Trinajstić information content (AvgIpc) is 2.66. The molecule has 5 nitrogen and oxygen atoms in total. The first kappa shape index (κ1) is 20.8. The smallest absolute Gasteiger partial charge is 0.226 e. The van der Waals surface area contributed by atoms with E-state index in [1.54, 1.807) is 32.4 Å². The molecule has 2 aromatic carbocycles. The second-order valence-corrected chi connectivity index (χ2v) is 6.76. The van der Waals surface area contributed by atoms with Crippen LogP contribution in [0.15, 0.2) is 42.5 Å². The second kappa shape index (κ2) is 9.97. The number of amides is 1. The maximum Gasteiger partial charge on any atom is 0.226 e. The Morgan fingerprint density at radius 2 is 1.78 bits per heavy atom. The summed E-state index contributed by atoms with van der Waals surface area (Å²) in [6, 6.07) is 14.1. The van der Waals surface area contributed by atoms with Gasteiger partial charge in [0.25, 0.3) is 0 Å². The highest BCUT2D eigenvalue weighted by molar-refractivity contribution is 5.92. The third-order valence-corrected chi connectivity index (χ3v) is 4.55. The lowest BCUT2D eigenvalue weighted by molar-refractivity contribution is -0.116. The van der Waals surface area contributed by atoms with Crippen LogP contribution in [0.4, 0.5) is 5.69 Å². The van der Waals surface area contributed by atoms with Crippen molar-refractivity contribution in [3.8, 4) is 11.5 Å². The summed E-state index contributed by atoms with van der Waals surface area (Å²) in [5.74, 6) is 1.21. The van der Waals surface area contributed by atoms with Crippen molar-refractivity contribution in [2.45, 2.75) is 45.7 Å². The molecule has 0 aliphatic rings. The summed E-state index contributed by atoms with van der Waals surface area (Å²) in [6.07, 6.45) is 1.32. The molecule has 146 valence electrons. The van der Waals surface area contributed by atoms with Crippen molar-refractivity contribution >= 4 is 11.6 Å². The van der Waals surface area contributed by atoms with E-state index in [9.17, 15) is 4.79 Å². The van der Waals surface area contributed by atoms with Gasteiger partial charge in [-0.2, -0.15) is 0 Å². The van der Waals surface area contributed by atoms with E-state index in [1.165, 1.54) is 11.1 Å². The molecule has 2 atom stereocenters. The minimum atomic E-state index is -0.0692. The van der Waals surface area contributed by atoms with Crippen LogP contribution in [-0.2, 0) is 4.79 Å². The van der Waals surface area contributed by atoms with Gasteiger partial charge in [-0.05, 0) is 38.0 Å². The molecule has 0 saturated heterocycles. The van der Waals surface area contributed by atoms with Gasteiger partial charge in [0.15, 0.2) is 0 Å². The molecule has 2 N–H and O–H groups in total. The van der Waals surface area contributed by atoms with E-state index < -0.39 is 0 Å². The number of methoxy groups -OCH3 is 2. The molecule has 0 aliphatic carbocycles. The zero-order valence-electron chi connectivity index (χ0n) is 16.8. The molecule has 2 aromatic rings. The molecule has 0 spiro atoms. The Kier molecular flexibility index (Phi) is 7.67. The topological polar surface area (TPSA) is 59.6 Å². The van der Waals surface area contributed by atoms with Gasteiger partial charge < -0.3 is 20.1 Å². The van der Waals surface area contributed by atoms with Gasteiger partial charge in [0.1, 0.15) is 11.5 Å². The van der Waals surface area contributed by atoms with E-state index in [4.69, 9.17) is 9.47 Å². The molecule has 0 heterocycles. The van der Waals surface area contributed by atoms with Crippen molar-refractivity contribution < 1.29 is 14.3 Å². The van der Waals surface area contributed by atoms with Gasteiger partial charge in [-0.25, -0.2) is 0 Å². The van der Waals surface area contributed by atoms with Crippen molar-refractivity contribution in [2.75, 3.05) is 19.5 Å². The van der Waals surface area contributed by atoms with Crippen LogP contribution in [-0.4, -0.2) is 26.2 Å². The molecule has 0 aromatic heterocycles. The fourth-order valence-electron chi connectivity index (χ4n) is 3.04. The molecular formula is C22H30N2O3. The van der Waals surface area contributed by atoms with Gasteiger partial charge >= 0.3 is 0 Å². The maximum absolute atomic E-state index is 12.5. The van der Waals surface area contributed by atoms with E-state index in [-0.39, 0.29) is 18.0 Å². The number of ether oxygens (including phenoxy) is 2. The first-order valence-electron chi connectivity index (χ1n) is 9.31. The van der Waals surface area contributed by atoms with Crippen LogP contribution in [0.3, 0.4) is 0 Å². The van der Waals surface area contributed by atoms with Crippen LogP contribution >= 0.6 is 0 Å². The fraction of sp³-hybridized carbons (Fsp3) is 0.409. The van der Waals surface area contributed by atoms with Crippen molar-refractivity contribution in [3.63, 3.8) is 0 Å². The van der Waals surface area contributed by atoms with Crippen molar-refractivity contribution in [1.29, 1.82) is 0 Å². The molecule has 5 heteroatoms.